The maximum atomic E-state index is 12.7. The van der Waals surface area contributed by atoms with Gasteiger partial charge in [-0.3, -0.25) is 4.79 Å². The SMILES string of the molecule is CC1CCN(C(=O)c2cc(Cl)c3c(c2)OCO3)C(CN)C1. The zero-order chi connectivity index (χ0) is 15.0. The molecular formula is C15H19ClN2O3. The van der Waals surface area contributed by atoms with Crippen LogP contribution in [0.3, 0.4) is 0 Å². The summed E-state index contributed by atoms with van der Waals surface area (Å²) in [5.74, 6) is 1.59. The van der Waals surface area contributed by atoms with Gasteiger partial charge in [-0.1, -0.05) is 18.5 Å². The van der Waals surface area contributed by atoms with E-state index in [1.165, 1.54) is 0 Å². The van der Waals surface area contributed by atoms with Crippen molar-refractivity contribution in [3.05, 3.63) is 22.7 Å². The summed E-state index contributed by atoms with van der Waals surface area (Å²) in [5.41, 5.74) is 6.35. The summed E-state index contributed by atoms with van der Waals surface area (Å²) in [5, 5.41) is 0.406. The minimum absolute atomic E-state index is 0.0439. The molecule has 2 atom stereocenters. The third-order valence-corrected chi connectivity index (χ3v) is 4.47. The third kappa shape index (κ3) is 2.68. The molecule has 2 aliphatic rings. The highest BCUT2D eigenvalue weighted by molar-refractivity contribution is 6.32. The first-order valence-corrected chi connectivity index (χ1v) is 7.58. The fourth-order valence-corrected chi connectivity index (χ4v) is 3.26. The molecule has 2 aliphatic heterocycles. The predicted molar refractivity (Wildman–Crippen MR) is 79.9 cm³/mol. The van der Waals surface area contributed by atoms with E-state index in [4.69, 9.17) is 26.8 Å². The number of ether oxygens (including phenoxy) is 2. The van der Waals surface area contributed by atoms with Crippen molar-refractivity contribution in [3.63, 3.8) is 0 Å². The molecule has 3 rings (SSSR count). The first-order chi connectivity index (χ1) is 10.1. The average molecular weight is 311 g/mol. The van der Waals surface area contributed by atoms with E-state index in [0.717, 1.165) is 19.4 Å². The molecule has 2 N–H and O–H groups in total. The van der Waals surface area contributed by atoms with Crippen LogP contribution in [0.15, 0.2) is 12.1 Å². The molecule has 0 bridgehead atoms. The van der Waals surface area contributed by atoms with Crippen LogP contribution in [0.5, 0.6) is 11.5 Å². The molecule has 0 aromatic heterocycles. The van der Waals surface area contributed by atoms with Crippen molar-refractivity contribution in [1.29, 1.82) is 0 Å². The third-order valence-electron chi connectivity index (χ3n) is 4.19. The number of likely N-dealkylation sites (tertiary alicyclic amines) is 1. The molecule has 2 heterocycles. The number of piperidine rings is 1. The molecule has 0 aliphatic carbocycles. The summed E-state index contributed by atoms with van der Waals surface area (Å²) in [6, 6.07) is 3.43. The highest BCUT2D eigenvalue weighted by Crippen LogP contribution is 2.40. The van der Waals surface area contributed by atoms with Crippen molar-refractivity contribution in [1.82, 2.24) is 4.90 Å². The number of halogens is 1. The Morgan fingerprint density at radius 3 is 3.05 bits per heavy atom. The first-order valence-electron chi connectivity index (χ1n) is 7.20. The van der Waals surface area contributed by atoms with Crippen molar-refractivity contribution in [2.24, 2.45) is 11.7 Å². The van der Waals surface area contributed by atoms with E-state index < -0.39 is 0 Å². The van der Waals surface area contributed by atoms with Gasteiger partial charge < -0.3 is 20.1 Å². The number of hydrogen-bond acceptors (Lipinski definition) is 4. The van der Waals surface area contributed by atoms with Gasteiger partial charge >= 0.3 is 0 Å². The molecule has 1 saturated heterocycles. The van der Waals surface area contributed by atoms with Crippen molar-refractivity contribution < 1.29 is 14.3 Å². The van der Waals surface area contributed by atoms with Crippen LogP contribution in [0.4, 0.5) is 0 Å². The number of amides is 1. The summed E-state index contributed by atoms with van der Waals surface area (Å²) in [7, 11) is 0. The second-order valence-electron chi connectivity index (χ2n) is 5.71. The van der Waals surface area contributed by atoms with E-state index in [2.05, 4.69) is 6.92 Å². The van der Waals surface area contributed by atoms with Crippen molar-refractivity contribution >= 4 is 17.5 Å². The fourth-order valence-electron chi connectivity index (χ4n) is 3.00. The molecular weight excluding hydrogens is 292 g/mol. The predicted octanol–water partition coefficient (Wildman–Crippen LogP) is 2.27. The normalized spacial score (nSPS) is 24.2. The molecule has 1 amide bonds. The van der Waals surface area contributed by atoms with Crippen LogP contribution in [0.2, 0.25) is 5.02 Å². The quantitative estimate of drug-likeness (QED) is 0.910. The molecule has 114 valence electrons. The molecule has 21 heavy (non-hydrogen) atoms. The zero-order valence-electron chi connectivity index (χ0n) is 12.0. The first kappa shape index (κ1) is 14.5. The Morgan fingerprint density at radius 2 is 2.29 bits per heavy atom. The van der Waals surface area contributed by atoms with E-state index in [1.807, 2.05) is 4.90 Å². The van der Waals surface area contributed by atoms with Crippen molar-refractivity contribution in [3.8, 4) is 11.5 Å². The second kappa shape index (κ2) is 5.73. The number of rotatable bonds is 2. The van der Waals surface area contributed by atoms with Gasteiger partial charge in [0, 0.05) is 24.7 Å². The van der Waals surface area contributed by atoms with Crippen molar-refractivity contribution in [2.75, 3.05) is 19.9 Å². The topological polar surface area (TPSA) is 64.8 Å². The largest absolute Gasteiger partial charge is 0.454 e. The number of nitrogens with two attached hydrogens (primary N) is 1. The maximum Gasteiger partial charge on any atom is 0.254 e. The van der Waals surface area contributed by atoms with E-state index in [0.29, 0.717) is 34.5 Å². The number of hydrogen-bond donors (Lipinski definition) is 1. The van der Waals surface area contributed by atoms with Gasteiger partial charge in [-0.15, -0.1) is 0 Å². The van der Waals surface area contributed by atoms with Crippen LogP contribution in [-0.4, -0.2) is 36.7 Å². The Kier molecular flexibility index (Phi) is 3.95. The Balaban J connectivity index is 1.86. The molecule has 1 aromatic rings. The highest BCUT2D eigenvalue weighted by Gasteiger charge is 2.31. The second-order valence-corrected chi connectivity index (χ2v) is 6.12. The van der Waals surface area contributed by atoms with Gasteiger partial charge in [-0.25, -0.2) is 0 Å². The fraction of sp³-hybridized carbons (Fsp3) is 0.533. The Labute approximate surface area is 128 Å². The van der Waals surface area contributed by atoms with E-state index in [-0.39, 0.29) is 18.7 Å². The molecule has 0 spiro atoms. The van der Waals surface area contributed by atoms with Crippen LogP contribution in [0.1, 0.15) is 30.1 Å². The Morgan fingerprint density at radius 1 is 1.48 bits per heavy atom. The molecule has 0 saturated carbocycles. The summed E-state index contributed by atoms with van der Waals surface area (Å²) in [6.45, 7) is 3.55. The number of carbonyl (C=O) groups excluding carboxylic acids is 1. The van der Waals surface area contributed by atoms with Crippen molar-refractivity contribution in [2.45, 2.75) is 25.8 Å². The standard InChI is InChI=1S/C15H19ClN2O3/c1-9-2-3-18(11(4-9)7-17)15(19)10-5-12(16)14-13(6-10)20-8-21-14/h5-6,9,11H,2-4,7-8,17H2,1H3. The van der Waals surface area contributed by atoms with Crippen LogP contribution in [0, 0.1) is 5.92 Å². The lowest BCUT2D eigenvalue weighted by Crippen LogP contribution is -2.49. The number of benzene rings is 1. The molecule has 6 heteroatoms. The van der Waals surface area contributed by atoms with Gasteiger partial charge in [-0.05, 0) is 30.9 Å². The van der Waals surface area contributed by atoms with Crippen LogP contribution >= 0.6 is 11.6 Å². The van der Waals surface area contributed by atoms with Crippen LogP contribution in [-0.2, 0) is 0 Å². The maximum absolute atomic E-state index is 12.7. The minimum atomic E-state index is -0.0439. The lowest BCUT2D eigenvalue weighted by molar-refractivity contribution is 0.0573. The highest BCUT2D eigenvalue weighted by atomic mass is 35.5. The Hall–Kier alpha value is -1.46. The lowest BCUT2D eigenvalue weighted by atomic mass is 9.92. The number of carbonyl (C=O) groups is 1. The average Bonchev–Trinajstić information content (AvgIpc) is 2.95. The van der Waals surface area contributed by atoms with E-state index in [9.17, 15) is 4.79 Å². The smallest absolute Gasteiger partial charge is 0.254 e. The summed E-state index contributed by atoms with van der Waals surface area (Å²) < 4.78 is 10.6. The number of nitrogens with zero attached hydrogens (tertiary/aromatic N) is 1. The lowest BCUT2D eigenvalue weighted by Gasteiger charge is -2.38. The van der Waals surface area contributed by atoms with Gasteiger partial charge in [0.1, 0.15) is 0 Å². The van der Waals surface area contributed by atoms with E-state index in [1.54, 1.807) is 12.1 Å². The summed E-state index contributed by atoms with van der Waals surface area (Å²) in [6.07, 6.45) is 1.95. The van der Waals surface area contributed by atoms with Gasteiger partial charge in [0.25, 0.3) is 5.91 Å². The molecule has 2 unspecified atom stereocenters. The number of fused-ring (bicyclic) bond motifs is 1. The monoisotopic (exact) mass is 310 g/mol. The van der Waals surface area contributed by atoms with E-state index >= 15 is 0 Å². The van der Waals surface area contributed by atoms with Gasteiger partial charge in [0.05, 0.1) is 5.02 Å². The van der Waals surface area contributed by atoms with Gasteiger partial charge in [0.15, 0.2) is 11.5 Å². The van der Waals surface area contributed by atoms with Gasteiger partial charge in [0.2, 0.25) is 6.79 Å². The van der Waals surface area contributed by atoms with Gasteiger partial charge in [-0.2, -0.15) is 0 Å². The summed E-state index contributed by atoms with van der Waals surface area (Å²) in [4.78, 5) is 14.6. The summed E-state index contributed by atoms with van der Waals surface area (Å²) >= 11 is 6.15. The minimum Gasteiger partial charge on any atom is -0.454 e. The van der Waals surface area contributed by atoms with Crippen LogP contribution < -0.4 is 15.2 Å². The molecule has 1 fully saturated rings. The molecule has 1 aromatic carbocycles. The Bertz CT molecular complexity index is 564. The zero-order valence-corrected chi connectivity index (χ0v) is 12.7. The van der Waals surface area contributed by atoms with Crippen LogP contribution in [0.25, 0.3) is 0 Å². The molecule has 0 radical (unpaired) electrons. The molecule has 5 nitrogen and oxygen atoms in total.